The fraction of sp³-hybridized carbons (Fsp3) is 0.438. The zero-order valence-corrected chi connectivity index (χ0v) is 13.4. The maximum Gasteiger partial charge on any atom is 0.221 e. The van der Waals surface area contributed by atoms with Crippen LogP contribution in [0.25, 0.3) is 6.08 Å². The van der Waals surface area contributed by atoms with Crippen molar-refractivity contribution in [2.24, 2.45) is 0 Å². The maximum atomic E-state index is 11.4. The van der Waals surface area contributed by atoms with Gasteiger partial charge in [0.05, 0.1) is 0 Å². The molecule has 1 N–H and O–H groups in total. The fourth-order valence-corrected chi connectivity index (χ4v) is 2.47. The van der Waals surface area contributed by atoms with E-state index in [1.807, 2.05) is 32.2 Å². The van der Waals surface area contributed by atoms with Crippen LogP contribution in [-0.2, 0) is 4.79 Å². The average Bonchev–Trinajstić information content (AvgIpc) is 2.46. The van der Waals surface area contributed by atoms with Gasteiger partial charge in [0.25, 0.3) is 0 Å². The largest absolute Gasteiger partial charge is 0.489 e. The van der Waals surface area contributed by atoms with E-state index in [4.69, 9.17) is 16.3 Å². The lowest BCUT2D eigenvalue weighted by atomic mass is 10.1. The molecule has 1 atom stereocenters. The van der Waals surface area contributed by atoms with Crippen molar-refractivity contribution >= 4 is 23.6 Å². The van der Waals surface area contributed by atoms with E-state index in [2.05, 4.69) is 16.3 Å². The molecule has 0 saturated heterocycles. The first-order chi connectivity index (χ1) is 9.99. The Morgan fingerprint density at radius 3 is 3.00 bits per heavy atom. The molecule has 0 radical (unpaired) electrons. The summed E-state index contributed by atoms with van der Waals surface area (Å²) >= 11 is 6.01. The summed E-state index contributed by atoms with van der Waals surface area (Å²) in [4.78, 5) is 13.6. The number of likely N-dealkylation sites (N-methyl/N-ethyl adjacent to an activating group) is 1. The van der Waals surface area contributed by atoms with Gasteiger partial charge in [-0.2, -0.15) is 0 Å². The maximum absolute atomic E-state index is 11.4. The van der Waals surface area contributed by atoms with Gasteiger partial charge in [-0.1, -0.05) is 11.6 Å². The summed E-state index contributed by atoms with van der Waals surface area (Å²) in [5, 5.41) is 3.36. The quantitative estimate of drug-likeness (QED) is 0.909. The van der Waals surface area contributed by atoms with Gasteiger partial charge in [-0.3, -0.25) is 9.69 Å². The van der Waals surface area contributed by atoms with E-state index < -0.39 is 0 Å². The highest BCUT2D eigenvalue weighted by atomic mass is 35.5. The SMILES string of the molecule is CNC(=O)CC(C)N(C)CC1=Cc2cc(Cl)ccc2OC1. The summed E-state index contributed by atoms with van der Waals surface area (Å²) < 4.78 is 5.74. The lowest BCUT2D eigenvalue weighted by molar-refractivity contribution is -0.121. The van der Waals surface area contributed by atoms with Crippen LogP contribution in [0.5, 0.6) is 5.75 Å². The van der Waals surface area contributed by atoms with E-state index in [0.717, 1.165) is 17.9 Å². The van der Waals surface area contributed by atoms with Crippen LogP contribution >= 0.6 is 11.6 Å². The fourth-order valence-electron chi connectivity index (χ4n) is 2.29. The smallest absolute Gasteiger partial charge is 0.221 e. The lowest BCUT2D eigenvalue weighted by Gasteiger charge is -2.27. The highest BCUT2D eigenvalue weighted by Gasteiger charge is 2.17. The molecule has 21 heavy (non-hydrogen) atoms. The third-order valence-corrected chi connectivity index (χ3v) is 3.94. The standard InChI is InChI=1S/C16H21ClN2O2/c1-11(6-16(20)18-2)19(3)9-12-7-13-8-14(17)4-5-15(13)21-10-12/h4-5,7-8,11H,6,9-10H2,1-3H3,(H,18,20). The summed E-state index contributed by atoms with van der Waals surface area (Å²) in [7, 11) is 3.68. The predicted octanol–water partition coefficient (Wildman–Crippen LogP) is 2.57. The number of carbonyl (C=O) groups is 1. The Morgan fingerprint density at radius 2 is 2.29 bits per heavy atom. The Bertz CT molecular complexity index is 557. The van der Waals surface area contributed by atoms with Gasteiger partial charge < -0.3 is 10.1 Å². The molecule has 1 aliphatic rings. The third-order valence-electron chi connectivity index (χ3n) is 3.71. The Labute approximate surface area is 130 Å². The molecule has 0 bridgehead atoms. The van der Waals surface area contributed by atoms with E-state index >= 15 is 0 Å². The van der Waals surface area contributed by atoms with Crippen molar-refractivity contribution in [3.05, 3.63) is 34.4 Å². The van der Waals surface area contributed by atoms with Crippen LogP contribution in [0.4, 0.5) is 0 Å². The predicted molar refractivity (Wildman–Crippen MR) is 85.7 cm³/mol. The van der Waals surface area contributed by atoms with Crippen LogP contribution < -0.4 is 10.1 Å². The number of nitrogens with one attached hydrogen (secondary N) is 1. The van der Waals surface area contributed by atoms with Gasteiger partial charge in [-0.05, 0) is 43.8 Å². The van der Waals surface area contributed by atoms with Crippen molar-refractivity contribution in [1.82, 2.24) is 10.2 Å². The van der Waals surface area contributed by atoms with Crippen molar-refractivity contribution in [1.29, 1.82) is 0 Å². The summed E-state index contributed by atoms with van der Waals surface area (Å²) in [6.07, 6.45) is 2.61. The van der Waals surface area contributed by atoms with E-state index in [-0.39, 0.29) is 11.9 Å². The number of ether oxygens (including phenoxy) is 1. The first kappa shape index (κ1) is 15.9. The van der Waals surface area contributed by atoms with Crippen LogP contribution in [0.2, 0.25) is 5.02 Å². The van der Waals surface area contributed by atoms with Crippen LogP contribution in [0.1, 0.15) is 18.9 Å². The number of nitrogens with zero attached hydrogens (tertiary/aromatic N) is 1. The van der Waals surface area contributed by atoms with Crippen LogP contribution in [-0.4, -0.2) is 44.1 Å². The monoisotopic (exact) mass is 308 g/mol. The molecule has 0 fully saturated rings. The van der Waals surface area contributed by atoms with Gasteiger partial charge in [0, 0.05) is 36.6 Å². The molecule has 0 saturated carbocycles. The molecule has 4 nitrogen and oxygen atoms in total. The molecule has 0 spiro atoms. The second-order valence-corrected chi connectivity index (χ2v) is 5.85. The number of rotatable bonds is 5. The zero-order chi connectivity index (χ0) is 15.4. The van der Waals surface area contributed by atoms with Gasteiger partial charge in [-0.15, -0.1) is 0 Å². The Kier molecular flexibility index (Phi) is 5.26. The van der Waals surface area contributed by atoms with Crippen molar-refractivity contribution in [3.8, 4) is 5.75 Å². The molecule has 1 aromatic rings. The lowest BCUT2D eigenvalue weighted by Crippen LogP contribution is -2.36. The Balaban J connectivity index is 2.01. The first-order valence-electron chi connectivity index (χ1n) is 7.02. The van der Waals surface area contributed by atoms with Crippen molar-refractivity contribution in [2.75, 3.05) is 27.2 Å². The van der Waals surface area contributed by atoms with E-state index in [1.165, 1.54) is 5.57 Å². The topological polar surface area (TPSA) is 41.6 Å². The third kappa shape index (κ3) is 4.22. The van der Waals surface area contributed by atoms with E-state index in [0.29, 0.717) is 18.1 Å². The molecule has 0 aliphatic carbocycles. The molecule has 1 amide bonds. The number of amides is 1. The molecule has 1 aromatic carbocycles. The molecule has 114 valence electrons. The number of benzene rings is 1. The zero-order valence-electron chi connectivity index (χ0n) is 12.6. The second-order valence-electron chi connectivity index (χ2n) is 5.41. The normalized spacial score (nSPS) is 15.0. The van der Waals surface area contributed by atoms with Gasteiger partial charge >= 0.3 is 0 Å². The first-order valence-corrected chi connectivity index (χ1v) is 7.40. The summed E-state index contributed by atoms with van der Waals surface area (Å²) in [5.74, 6) is 0.921. The highest BCUT2D eigenvalue weighted by Crippen LogP contribution is 2.29. The van der Waals surface area contributed by atoms with Crippen molar-refractivity contribution in [3.63, 3.8) is 0 Å². The molecule has 1 aliphatic heterocycles. The van der Waals surface area contributed by atoms with Crippen molar-refractivity contribution in [2.45, 2.75) is 19.4 Å². The number of hydrogen-bond acceptors (Lipinski definition) is 3. The van der Waals surface area contributed by atoms with E-state index in [9.17, 15) is 4.79 Å². The minimum Gasteiger partial charge on any atom is -0.489 e. The van der Waals surface area contributed by atoms with Gasteiger partial charge in [-0.25, -0.2) is 0 Å². The van der Waals surface area contributed by atoms with Gasteiger partial charge in [0.15, 0.2) is 0 Å². The van der Waals surface area contributed by atoms with Gasteiger partial charge in [0.1, 0.15) is 12.4 Å². The number of halogens is 1. The Hall–Kier alpha value is -1.52. The molecule has 1 unspecified atom stereocenters. The van der Waals surface area contributed by atoms with Crippen LogP contribution in [0, 0.1) is 0 Å². The Morgan fingerprint density at radius 1 is 1.52 bits per heavy atom. The molecule has 5 heteroatoms. The molecule has 1 heterocycles. The second kappa shape index (κ2) is 6.96. The molecular weight excluding hydrogens is 288 g/mol. The summed E-state index contributed by atoms with van der Waals surface area (Å²) in [5.41, 5.74) is 2.19. The minimum atomic E-state index is 0.0559. The van der Waals surface area contributed by atoms with Gasteiger partial charge in [0.2, 0.25) is 5.91 Å². The summed E-state index contributed by atoms with van der Waals surface area (Å²) in [6, 6.07) is 5.80. The van der Waals surface area contributed by atoms with Crippen LogP contribution in [0.15, 0.2) is 23.8 Å². The molecule has 2 rings (SSSR count). The van der Waals surface area contributed by atoms with Crippen LogP contribution in [0.3, 0.4) is 0 Å². The van der Waals surface area contributed by atoms with Crippen molar-refractivity contribution < 1.29 is 9.53 Å². The average molecular weight is 309 g/mol. The molecule has 0 aromatic heterocycles. The highest BCUT2D eigenvalue weighted by molar-refractivity contribution is 6.30. The molecular formula is C16H21ClN2O2. The number of hydrogen-bond donors (Lipinski definition) is 1. The number of carbonyl (C=O) groups excluding carboxylic acids is 1. The number of fused-ring (bicyclic) bond motifs is 1. The summed E-state index contributed by atoms with van der Waals surface area (Å²) in [6.45, 7) is 3.39. The minimum absolute atomic E-state index is 0.0559. The van der Waals surface area contributed by atoms with E-state index in [1.54, 1.807) is 7.05 Å².